The van der Waals surface area contributed by atoms with Crippen molar-refractivity contribution in [1.82, 2.24) is 24.5 Å². The van der Waals surface area contributed by atoms with Gasteiger partial charge in [-0.05, 0) is 25.6 Å². The first-order chi connectivity index (χ1) is 9.60. The fourth-order valence-corrected chi connectivity index (χ4v) is 2.74. The number of aromatic amines is 1. The van der Waals surface area contributed by atoms with Crippen LogP contribution in [-0.2, 0) is 20.0 Å². The molecule has 3 rings (SSSR count). The molecule has 0 atom stereocenters. The van der Waals surface area contributed by atoms with Gasteiger partial charge in [-0.15, -0.1) is 0 Å². The standard InChI is InChI=1S/C13H17N5OS/c1-4-5-10-11-12(17(3)15-10)18(13(20)14-11)7-9-6-8(2)16-19-9/h6H,4-5,7H2,1-3H3,(H,14,20). The van der Waals surface area contributed by atoms with E-state index in [1.165, 1.54) is 0 Å². The molecule has 6 nitrogen and oxygen atoms in total. The summed E-state index contributed by atoms with van der Waals surface area (Å²) in [4.78, 5) is 3.26. The number of fused-ring (bicyclic) bond motifs is 1. The first-order valence-corrected chi connectivity index (χ1v) is 7.07. The lowest BCUT2D eigenvalue weighted by molar-refractivity contribution is 0.373. The number of imidazole rings is 1. The topological polar surface area (TPSA) is 64.6 Å². The number of nitrogens with zero attached hydrogens (tertiary/aromatic N) is 4. The Balaban J connectivity index is 2.10. The molecule has 0 aliphatic rings. The van der Waals surface area contributed by atoms with Crippen LogP contribution >= 0.6 is 12.2 Å². The molecule has 0 saturated heterocycles. The fraction of sp³-hybridized carbons (Fsp3) is 0.462. The van der Waals surface area contributed by atoms with Gasteiger partial charge in [-0.2, -0.15) is 5.10 Å². The summed E-state index contributed by atoms with van der Waals surface area (Å²) >= 11 is 5.42. The molecular weight excluding hydrogens is 274 g/mol. The van der Waals surface area contributed by atoms with Crippen molar-refractivity contribution < 1.29 is 4.52 Å². The molecule has 0 bridgehead atoms. The van der Waals surface area contributed by atoms with Gasteiger partial charge in [-0.1, -0.05) is 18.5 Å². The summed E-state index contributed by atoms with van der Waals surface area (Å²) in [6, 6.07) is 1.92. The van der Waals surface area contributed by atoms with Crippen LogP contribution in [0, 0.1) is 11.7 Å². The van der Waals surface area contributed by atoms with Gasteiger partial charge in [-0.25, -0.2) is 0 Å². The van der Waals surface area contributed by atoms with Crippen molar-refractivity contribution >= 4 is 23.4 Å². The SMILES string of the molecule is CCCc1nn(C)c2c1[nH]c(=S)n2Cc1cc(C)no1. The van der Waals surface area contributed by atoms with E-state index in [9.17, 15) is 0 Å². The Morgan fingerprint density at radius 2 is 2.25 bits per heavy atom. The van der Waals surface area contributed by atoms with E-state index in [0.717, 1.165) is 41.2 Å². The van der Waals surface area contributed by atoms with Crippen LogP contribution in [0.1, 0.15) is 30.5 Å². The largest absolute Gasteiger partial charge is 0.359 e. The van der Waals surface area contributed by atoms with Crippen LogP contribution in [0.5, 0.6) is 0 Å². The summed E-state index contributed by atoms with van der Waals surface area (Å²) in [6.45, 7) is 4.61. The number of H-pyrrole nitrogens is 1. The van der Waals surface area contributed by atoms with Crippen LogP contribution in [-0.4, -0.2) is 24.5 Å². The van der Waals surface area contributed by atoms with Gasteiger partial charge in [-0.3, -0.25) is 9.25 Å². The van der Waals surface area contributed by atoms with E-state index in [-0.39, 0.29) is 0 Å². The summed E-state index contributed by atoms with van der Waals surface area (Å²) < 4.78 is 9.82. The van der Waals surface area contributed by atoms with Gasteiger partial charge in [0.15, 0.2) is 16.2 Å². The third-order valence-electron chi connectivity index (χ3n) is 3.30. The summed E-state index contributed by atoms with van der Waals surface area (Å²) in [5.74, 6) is 0.790. The quantitative estimate of drug-likeness (QED) is 0.751. The first kappa shape index (κ1) is 13.1. The molecule has 0 saturated carbocycles. The molecule has 0 amide bonds. The minimum absolute atomic E-state index is 0.560. The molecule has 0 fully saturated rings. The molecule has 3 aromatic heterocycles. The van der Waals surface area contributed by atoms with Crippen molar-refractivity contribution in [3.05, 3.63) is 28.0 Å². The number of hydrogen-bond donors (Lipinski definition) is 1. The predicted octanol–water partition coefficient (Wildman–Crippen LogP) is 2.73. The minimum Gasteiger partial charge on any atom is -0.359 e. The van der Waals surface area contributed by atoms with Crippen molar-refractivity contribution in [2.75, 3.05) is 0 Å². The molecule has 0 aromatic carbocycles. The Hall–Kier alpha value is -1.89. The number of aryl methyl sites for hydroxylation is 3. The van der Waals surface area contributed by atoms with Gasteiger partial charge < -0.3 is 9.51 Å². The van der Waals surface area contributed by atoms with Crippen molar-refractivity contribution in [3.8, 4) is 0 Å². The second kappa shape index (κ2) is 4.90. The second-order valence-electron chi connectivity index (χ2n) is 4.97. The van der Waals surface area contributed by atoms with Crippen molar-refractivity contribution in [3.63, 3.8) is 0 Å². The second-order valence-corrected chi connectivity index (χ2v) is 5.36. The molecule has 0 aliphatic carbocycles. The molecule has 0 aliphatic heterocycles. The molecule has 7 heteroatoms. The van der Waals surface area contributed by atoms with Crippen molar-refractivity contribution in [2.45, 2.75) is 33.2 Å². The zero-order valence-electron chi connectivity index (χ0n) is 11.8. The van der Waals surface area contributed by atoms with E-state index in [1.54, 1.807) is 0 Å². The summed E-state index contributed by atoms with van der Waals surface area (Å²) in [7, 11) is 1.94. The van der Waals surface area contributed by atoms with Crippen LogP contribution < -0.4 is 0 Å². The Kier molecular flexibility index (Phi) is 3.21. The van der Waals surface area contributed by atoms with E-state index in [4.69, 9.17) is 16.7 Å². The van der Waals surface area contributed by atoms with Gasteiger partial charge in [0, 0.05) is 13.1 Å². The maximum Gasteiger partial charge on any atom is 0.179 e. The third-order valence-corrected chi connectivity index (χ3v) is 3.62. The summed E-state index contributed by atoms with van der Waals surface area (Å²) in [6.07, 6.45) is 1.99. The van der Waals surface area contributed by atoms with Crippen LogP contribution in [0.2, 0.25) is 0 Å². The fourth-order valence-electron chi connectivity index (χ4n) is 2.48. The zero-order chi connectivity index (χ0) is 14.3. The van der Waals surface area contributed by atoms with Crippen LogP contribution in [0.25, 0.3) is 11.2 Å². The molecule has 3 aromatic rings. The Labute approximate surface area is 121 Å². The minimum atomic E-state index is 0.560. The number of nitrogens with one attached hydrogen (secondary N) is 1. The molecular formula is C13H17N5OS. The van der Waals surface area contributed by atoms with Gasteiger partial charge in [0.1, 0.15) is 5.52 Å². The number of rotatable bonds is 4. The summed E-state index contributed by atoms with van der Waals surface area (Å²) in [5, 5.41) is 8.47. The Bertz CT molecular complexity index is 807. The van der Waals surface area contributed by atoms with E-state index in [1.807, 2.05) is 29.3 Å². The van der Waals surface area contributed by atoms with Gasteiger partial charge in [0.2, 0.25) is 0 Å². The average Bonchev–Trinajstić information content (AvgIpc) is 3.02. The monoisotopic (exact) mass is 291 g/mol. The number of hydrogen-bond acceptors (Lipinski definition) is 4. The molecule has 0 radical (unpaired) electrons. The molecule has 0 unspecified atom stereocenters. The average molecular weight is 291 g/mol. The predicted molar refractivity (Wildman–Crippen MR) is 78.2 cm³/mol. The molecule has 3 heterocycles. The maximum absolute atomic E-state index is 5.42. The van der Waals surface area contributed by atoms with Crippen LogP contribution in [0.3, 0.4) is 0 Å². The molecule has 106 valence electrons. The van der Waals surface area contributed by atoms with Gasteiger partial charge in [0.05, 0.1) is 17.9 Å². The zero-order valence-corrected chi connectivity index (χ0v) is 12.6. The van der Waals surface area contributed by atoms with Crippen molar-refractivity contribution in [2.24, 2.45) is 7.05 Å². The van der Waals surface area contributed by atoms with Crippen LogP contribution in [0.4, 0.5) is 0 Å². The lowest BCUT2D eigenvalue weighted by atomic mass is 10.2. The van der Waals surface area contributed by atoms with Gasteiger partial charge >= 0.3 is 0 Å². The van der Waals surface area contributed by atoms with Gasteiger partial charge in [0.25, 0.3) is 0 Å². The normalized spacial score (nSPS) is 11.6. The molecule has 0 spiro atoms. The van der Waals surface area contributed by atoms with E-state index in [2.05, 4.69) is 22.2 Å². The van der Waals surface area contributed by atoms with E-state index >= 15 is 0 Å². The Morgan fingerprint density at radius 3 is 2.90 bits per heavy atom. The molecule has 1 N–H and O–H groups in total. The smallest absolute Gasteiger partial charge is 0.179 e. The highest BCUT2D eigenvalue weighted by molar-refractivity contribution is 7.71. The lowest BCUT2D eigenvalue weighted by Crippen LogP contribution is -2.03. The maximum atomic E-state index is 5.42. The first-order valence-electron chi connectivity index (χ1n) is 6.66. The third kappa shape index (κ3) is 2.07. The summed E-state index contributed by atoms with van der Waals surface area (Å²) in [5.41, 5.74) is 3.95. The Morgan fingerprint density at radius 1 is 1.45 bits per heavy atom. The number of aromatic nitrogens is 5. The lowest BCUT2D eigenvalue weighted by Gasteiger charge is -2.01. The van der Waals surface area contributed by atoms with E-state index < -0.39 is 0 Å². The van der Waals surface area contributed by atoms with Crippen molar-refractivity contribution in [1.29, 1.82) is 0 Å². The van der Waals surface area contributed by atoms with Crippen LogP contribution in [0.15, 0.2) is 10.6 Å². The highest BCUT2D eigenvalue weighted by atomic mass is 32.1. The van der Waals surface area contributed by atoms with E-state index in [0.29, 0.717) is 11.3 Å². The highest BCUT2D eigenvalue weighted by Crippen LogP contribution is 2.20. The molecule has 20 heavy (non-hydrogen) atoms. The highest BCUT2D eigenvalue weighted by Gasteiger charge is 2.16.